The van der Waals surface area contributed by atoms with Crippen LogP contribution >= 0.6 is 0 Å². The van der Waals surface area contributed by atoms with Crippen molar-refractivity contribution in [3.63, 3.8) is 0 Å². The molecule has 0 aliphatic carbocycles. The maximum Gasteiger partial charge on any atom is 0.338 e. The predicted molar refractivity (Wildman–Crippen MR) is 106 cm³/mol. The molecule has 1 atom stereocenters. The SMILES string of the molecule is CCCCCCCOC(=O)C1=C(C)NC(=O)N[C@@H]1c1ccc(OC)c(OC)c1. The fourth-order valence-electron chi connectivity index (χ4n) is 3.20. The molecule has 7 heteroatoms. The summed E-state index contributed by atoms with van der Waals surface area (Å²) in [5.41, 5.74) is 1.58. The van der Waals surface area contributed by atoms with Gasteiger partial charge in [-0.2, -0.15) is 0 Å². The van der Waals surface area contributed by atoms with Gasteiger partial charge in [0, 0.05) is 5.70 Å². The standard InChI is InChI=1S/C21H30N2O5/c1-5-6-7-8-9-12-28-20(24)18-14(2)22-21(25)23-19(18)15-10-11-16(26-3)17(13-15)27-4/h10-11,13,19H,5-9,12H2,1-4H3,(H2,22,23,25)/t19-/m1/s1. The number of hydrogen-bond donors (Lipinski definition) is 2. The zero-order chi connectivity index (χ0) is 20.5. The number of methoxy groups -OCH3 is 2. The summed E-state index contributed by atoms with van der Waals surface area (Å²) in [4.78, 5) is 24.7. The van der Waals surface area contributed by atoms with Gasteiger partial charge in [0.25, 0.3) is 0 Å². The second-order valence-corrected chi connectivity index (χ2v) is 6.73. The van der Waals surface area contributed by atoms with Crippen molar-refractivity contribution >= 4 is 12.0 Å². The van der Waals surface area contributed by atoms with Crippen LogP contribution in [0.15, 0.2) is 29.5 Å². The van der Waals surface area contributed by atoms with Crippen molar-refractivity contribution in [2.45, 2.75) is 52.0 Å². The highest BCUT2D eigenvalue weighted by molar-refractivity contribution is 5.95. The van der Waals surface area contributed by atoms with Gasteiger partial charge in [-0.1, -0.05) is 38.7 Å². The van der Waals surface area contributed by atoms with E-state index in [0.29, 0.717) is 34.9 Å². The zero-order valence-corrected chi connectivity index (χ0v) is 17.1. The largest absolute Gasteiger partial charge is 0.493 e. The molecule has 7 nitrogen and oxygen atoms in total. The van der Waals surface area contributed by atoms with Crippen LogP contribution in [0.5, 0.6) is 11.5 Å². The number of unbranched alkanes of at least 4 members (excludes halogenated alkanes) is 4. The topological polar surface area (TPSA) is 85.9 Å². The first kappa shape index (κ1) is 21.6. The van der Waals surface area contributed by atoms with E-state index < -0.39 is 12.0 Å². The van der Waals surface area contributed by atoms with E-state index in [1.54, 1.807) is 32.2 Å². The minimum atomic E-state index is -0.624. The van der Waals surface area contributed by atoms with Gasteiger partial charge in [0.2, 0.25) is 0 Å². The lowest BCUT2D eigenvalue weighted by atomic mass is 9.95. The van der Waals surface area contributed by atoms with Crippen LogP contribution in [0.4, 0.5) is 4.79 Å². The quantitative estimate of drug-likeness (QED) is 0.468. The molecule has 0 saturated heterocycles. The summed E-state index contributed by atoms with van der Waals surface area (Å²) in [5, 5.41) is 5.45. The Kier molecular flexibility index (Phi) is 8.17. The van der Waals surface area contributed by atoms with E-state index in [2.05, 4.69) is 17.6 Å². The number of urea groups is 1. The van der Waals surface area contributed by atoms with E-state index in [1.165, 1.54) is 20.0 Å². The van der Waals surface area contributed by atoms with Crippen LogP contribution in [-0.4, -0.2) is 32.8 Å². The molecule has 1 aromatic rings. The minimum absolute atomic E-state index is 0.367. The van der Waals surface area contributed by atoms with E-state index in [-0.39, 0.29) is 6.03 Å². The van der Waals surface area contributed by atoms with E-state index in [4.69, 9.17) is 14.2 Å². The normalized spacial score (nSPS) is 16.3. The van der Waals surface area contributed by atoms with Gasteiger partial charge in [-0.15, -0.1) is 0 Å². The van der Waals surface area contributed by atoms with Gasteiger partial charge in [-0.3, -0.25) is 0 Å². The molecule has 0 aromatic heterocycles. The molecule has 2 N–H and O–H groups in total. The van der Waals surface area contributed by atoms with E-state index in [1.807, 2.05) is 0 Å². The molecule has 1 heterocycles. The van der Waals surface area contributed by atoms with E-state index in [0.717, 1.165) is 19.3 Å². The van der Waals surface area contributed by atoms with Gasteiger partial charge in [-0.05, 0) is 31.0 Å². The molecule has 1 aliphatic rings. The number of hydrogen-bond acceptors (Lipinski definition) is 5. The van der Waals surface area contributed by atoms with Crippen molar-refractivity contribution in [1.82, 2.24) is 10.6 Å². The molecule has 0 spiro atoms. The molecule has 1 aliphatic heterocycles. The highest BCUT2D eigenvalue weighted by atomic mass is 16.5. The van der Waals surface area contributed by atoms with Gasteiger partial charge >= 0.3 is 12.0 Å². The first-order valence-corrected chi connectivity index (χ1v) is 9.69. The van der Waals surface area contributed by atoms with Crippen LogP contribution in [0, 0.1) is 0 Å². The molecule has 0 radical (unpaired) electrons. The lowest BCUT2D eigenvalue weighted by Gasteiger charge is -2.28. The summed E-state index contributed by atoms with van der Waals surface area (Å²) >= 11 is 0. The van der Waals surface area contributed by atoms with Crippen LogP contribution in [0.2, 0.25) is 0 Å². The van der Waals surface area contributed by atoms with Crippen molar-refractivity contribution in [3.05, 3.63) is 35.0 Å². The third-order valence-electron chi connectivity index (χ3n) is 4.71. The van der Waals surface area contributed by atoms with E-state index >= 15 is 0 Å². The summed E-state index contributed by atoms with van der Waals surface area (Å²) in [6, 6.07) is 4.30. The number of carbonyl (C=O) groups excluding carboxylic acids is 2. The Morgan fingerprint density at radius 3 is 2.46 bits per heavy atom. The maximum atomic E-state index is 12.7. The first-order chi connectivity index (χ1) is 13.5. The summed E-state index contributed by atoms with van der Waals surface area (Å²) in [6.07, 6.45) is 5.37. The number of amides is 2. The maximum absolute atomic E-state index is 12.7. The summed E-state index contributed by atoms with van der Waals surface area (Å²) in [7, 11) is 3.09. The lowest BCUT2D eigenvalue weighted by molar-refractivity contribution is -0.139. The molecular formula is C21H30N2O5. The number of carbonyl (C=O) groups is 2. The Morgan fingerprint density at radius 2 is 1.79 bits per heavy atom. The van der Waals surface area contributed by atoms with Crippen molar-refractivity contribution in [2.75, 3.05) is 20.8 Å². The van der Waals surface area contributed by atoms with Crippen LogP contribution in [-0.2, 0) is 9.53 Å². The Hall–Kier alpha value is -2.70. The number of benzene rings is 1. The number of esters is 1. The summed E-state index contributed by atoms with van der Waals surface area (Å²) < 4.78 is 16.1. The van der Waals surface area contributed by atoms with Crippen molar-refractivity contribution in [3.8, 4) is 11.5 Å². The molecular weight excluding hydrogens is 360 g/mol. The highest BCUT2D eigenvalue weighted by Gasteiger charge is 2.32. The fraction of sp³-hybridized carbons (Fsp3) is 0.524. The van der Waals surface area contributed by atoms with Gasteiger partial charge < -0.3 is 24.8 Å². The molecule has 28 heavy (non-hydrogen) atoms. The number of rotatable bonds is 10. The molecule has 154 valence electrons. The second-order valence-electron chi connectivity index (χ2n) is 6.73. The average molecular weight is 390 g/mol. The Bertz CT molecular complexity index is 730. The van der Waals surface area contributed by atoms with E-state index in [9.17, 15) is 9.59 Å². The van der Waals surface area contributed by atoms with Crippen molar-refractivity contribution in [2.24, 2.45) is 0 Å². The van der Waals surface area contributed by atoms with Crippen molar-refractivity contribution < 1.29 is 23.8 Å². The number of allylic oxidation sites excluding steroid dienone is 1. The predicted octanol–water partition coefficient (Wildman–Crippen LogP) is 3.85. The van der Waals surface area contributed by atoms with Crippen LogP contribution in [0.1, 0.15) is 57.6 Å². The van der Waals surface area contributed by atoms with Crippen molar-refractivity contribution in [1.29, 1.82) is 0 Å². The number of ether oxygens (including phenoxy) is 3. The summed E-state index contributed by atoms with van der Waals surface area (Å²) in [5.74, 6) is 0.665. The molecule has 0 unspecified atom stereocenters. The van der Waals surface area contributed by atoms with Gasteiger partial charge in [0.05, 0.1) is 32.4 Å². The average Bonchev–Trinajstić information content (AvgIpc) is 2.69. The van der Waals surface area contributed by atoms with Gasteiger partial charge in [-0.25, -0.2) is 9.59 Å². The summed E-state index contributed by atoms with van der Waals surface area (Å²) in [6.45, 7) is 4.23. The van der Waals surface area contributed by atoms with Crippen LogP contribution in [0.3, 0.4) is 0 Å². The molecule has 2 amide bonds. The minimum Gasteiger partial charge on any atom is -0.493 e. The molecule has 0 bridgehead atoms. The van der Waals surface area contributed by atoms with Crippen LogP contribution < -0.4 is 20.1 Å². The zero-order valence-electron chi connectivity index (χ0n) is 17.1. The lowest BCUT2D eigenvalue weighted by Crippen LogP contribution is -2.45. The highest BCUT2D eigenvalue weighted by Crippen LogP contribution is 2.34. The fourth-order valence-corrected chi connectivity index (χ4v) is 3.20. The Labute approximate surface area is 166 Å². The smallest absolute Gasteiger partial charge is 0.338 e. The third-order valence-corrected chi connectivity index (χ3v) is 4.71. The molecule has 2 rings (SSSR count). The Balaban J connectivity index is 2.16. The Morgan fingerprint density at radius 1 is 1.07 bits per heavy atom. The number of nitrogens with one attached hydrogen (secondary N) is 2. The van der Waals surface area contributed by atoms with Crippen LogP contribution in [0.25, 0.3) is 0 Å². The van der Waals surface area contributed by atoms with Gasteiger partial charge in [0.15, 0.2) is 11.5 Å². The molecule has 1 aromatic carbocycles. The second kappa shape index (κ2) is 10.6. The molecule has 0 fully saturated rings. The monoisotopic (exact) mass is 390 g/mol. The third kappa shape index (κ3) is 5.41. The van der Waals surface area contributed by atoms with Gasteiger partial charge in [0.1, 0.15) is 0 Å². The first-order valence-electron chi connectivity index (χ1n) is 9.69. The molecule has 0 saturated carbocycles.